The summed E-state index contributed by atoms with van der Waals surface area (Å²) in [5.74, 6) is -1.78. The van der Waals surface area contributed by atoms with Gasteiger partial charge in [0.25, 0.3) is 0 Å². The Labute approximate surface area is 256 Å². The number of alkyl carbamates (subject to hydrolysis) is 1. The number of carbonyl (C=O) groups excluding carboxylic acids is 4. The standard InChI is InChI=1S/C32H41N5O7/c1-31(2,3)44-30(42)35-32(4,5)28(40)33-24(19-26(38)43-20-21-11-7-6-8-12-21)27(39)36-17-15-22(16-18-36)37-25-14-10-9-13-23(25)34-29(37)41/h6-14,22,24H,15-20H2,1-5H3,(H,33,40)(H,34,41)(H,35,42). The summed E-state index contributed by atoms with van der Waals surface area (Å²) in [6.45, 7) is 8.72. The monoisotopic (exact) mass is 607 g/mol. The highest BCUT2D eigenvalue weighted by Crippen LogP contribution is 2.25. The summed E-state index contributed by atoms with van der Waals surface area (Å²) in [7, 11) is 0. The molecule has 1 aliphatic rings. The van der Waals surface area contributed by atoms with Crippen molar-refractivity contribution in [3.05, 3.63) is 70.6 Å². The Morgan fingerprint density at radius 3 is 2.25 bits per heavy atom. The molecule has 44 heavy (non-hydrogen) atoms. The Bertz CT molecular complexity index is 1550. The number of fused-ring (bicyclic) bond motifs is 1. The zero-order valence-corrected chi connectivity index (χ0v) is 25.8. The predicted octanol–water partition coefficient (Wildman–Crippen LogP) is 3.41. The van der Waals surface area contributed by atoms with E-state index in [0.29, 0.717) is 25.9 Å². The minimum Gasteiger partial charge on any atom is -0.461 e. The Kier molecular flexibility index (Phi) is 9.81. The van der Waals surface area contributed by atoms with Crippen molar-refractivity contribution in [2.45, 2.75) is 83.7 Å². The third kappa shape index (κ3) is 8.27. The fraction of sp³-hybridized carbons (Fsp3) is 0.469. The number of para-hydroxylation sites is 2. The molecule has 1 saturated heterocycles. The maximum absolute atomic E-state index is 13.8. The molecule has 0 radical (unpaired) electrons. The molecule has 0 saturated carbocycles. The van der Waals surface area contributed by atoms with E-state index in [1.807, 2.05) is 54.6 Å². The molecular formula is C32H41N5O7. The number of carbonyl (C=O) groups is 4. The maximum Gasteiger partial charge on any atom is 0.408 e. The zero-order valence-electron chi connectivity index (χ0n) is 25.8. The number of hydrogen-bond donors (Lipinski definition) is 3. The molecular weight excluding hydrogens is 566 g/mol. The molecule has 12 nitrogen and oxygen atoms in total. The second-order valence-electron chi connectivity index (χ2n) is 12.5. The van der Waals surface area contributed by atoms with Gasteiger partial charge in [0.2, 0.25) is 11.8 Å². The maximum atomic E-state index is 13.8. The first-order valence-electron chi connectivity index (χ1n) is 14.7. The molecule has 0 aliphatic carbocycles. The summed E-state index contributed by atoms with van der Waals surface area (Å²) in [5.41, 5.74) is -0.115. The summed E-state index contributed by atoms with van der Waals surface area (Å²) >= 11 is 0. The normalized spacial score (nSPS) is 15.0. The number of ether oxygens (including phenoxy) is 2. The lowest BCUT2D eigenvalue weighted by Crippen LogP contribution is -2.60. The van der Waals surface area contributed by atoms with Gasteiger partial charge in [0.1, 0.15) is 23.8 Å². The van der Waals surface area contributed by atoms with Crippen molar-refractivity contribution < 1.29 is 28.7 Å². The molecule has 0 bridgehead atoms. The van der Waals surface area contributed by atoms with Gasteiger partial charge in [-0.2, -0.15) is 0 Å². The lowest BCUT2D eigenvalue weighted by Gasteiger charge is -2.35. The fourth-order valence-corrected chi connectivity index (χ4v) is 5.12. The molecule has 1 fully saturated rings. The van der Waals surface area contributed by atoms with Crippen LogP contribution >= 0.6 is 0 Å². The van der Waals surface area contributed by atoms with Crippen LogP contribution in [-0.4, -0.2) is 68.6 Å². The van der Waals surface area contributed by atoms with Crippen LogP contribution in [0.15, 0.2) is 59.4 Å². The van der Waals surface area contributed by atoms with Gasteiger partial charge in [0, 0.05) is 19.1 Å². The smallest absolute Gasteiger partial charge is 0.408 e. The summed E-state index contributed by atoms with van der Waals surface area (Å²) in [4.78, 5) is 69.5. The van der Waals surface area contributed by atoms with Crippen molar-refractivity contribution in [1.29, 1.82) is 0 Å². The Hall–Kier alpha value is -4.61. The molecule has 3 aromatic rings. The summed E-state index contributed by atoms with van der Waals surface area (Å²) in [6.07, 6.45) is -0.171. The van der Waals surface area contributed by atoms with Crippen LogP contribution in [-0.2, 0) is 30.5 Å². The van der Waals surface area contributed by atoms with E-state index in [0.717, 1.165) is 16.6 Å². The fourth-order valence-electron chi connectivity index (χ4n) is 5.12. The minimum absolute atomic E-state index is 0.0188. The lowest BCUT2D eigenvalue weighted by atomic mass is 10.0. The van der Waals surface area contributed by atoms with Gasteiger partial charge in [-0.3, -0.25) is 19.0 Å². The number of esters is 1. The summed E-state index contributed by atoms with van der Waals surface area (Å²) < 4.78 is 12.4. The number of imidazole rings is 1. The van der Waals surface area contributed by atoms with Gasteiger partial charge < -0.3 is 30.0 Å². The van der Waals surface area contributed by atoms with Crippen molar-refractivity contribution >= 4 is 34.9 Å². The predicted molar refractivity (Wildman–Crippen MR) is 164 cm³/mol. The molecule has 236 valence electrons. The van der Waals surface area contributed by atoms with Gasteiger partial charge in [0.15, 0.2) is 0 Å². The number of likely N-dealkylation sites (tertiary alicyclic amines) is 1. The summed E-state index contributed by atoms with van der Waals surface area (Å²) in [6, 6.07) is 15.2. The van der Waals surface area contributed by atoms with Crippen LogP contribution in [0.5, 0.6) is 0 Å². The quantitative estimate of drug-likeness (QED) is 0.315. The van der Waals surface area contributed by atoms with Gasteiger partial charge in [-0.1, -0.05) is 42.5 Å². The molecule has 3 N–H and O–H groups in total. The van der Waals surface area contributed by atoms with Gasteiger partial charge in [-0.05, 0) is 65.2 Å². The molecule has 0 spiro atoms. The molecule has 12 heteroatoms. The molecule has 2 heterocycles. The van der Waals surface area contributed by atoms with Crippen molar-refractivity contribution in [2.24, 2.45) is 0 Å². The highest BCUT2D eigenvalue weighted by molar-refractivity contribution is 5.95. The molecule has 1 unspecified atom stereocenters. The Balaban J connectivity index is 1.45. The van der Waals surface area contributed by atoms with E-state index in [2.05, 4.69) is 15.6 Å². The second kappa shape index (κ2) is 13.4. The number of H-pyrrole nitrogens is 1. The van der Waals surface area contributed by atoms with Crippen LogP contribution in [0.1, 0.15) is 65.5 Å². The lowest BCUT2D eigenvalue weighted by molar-refractivity contribution is -0.149. The highest BCUT2D eigenvalue weighted by atomic mass is 16.6. The highest BCUT2D eigenvalue weighted by Gasteiger charge is 2.37. The molecule has 2 aromatic carbocycles. The Morgan fingerprint density at radius 1 is 0.955 bits per heavy atom. The van der Waals surface area contributed by atoms with Gasteiger partial charge in [-0.25, -0.2) is 9.59 Å². The number of nitrogens with zero attached hydrogens (tertiary/aromatic N) is 2. The van der Waals surface area contributed by atoms with E-state index in [4.69, 9.17) is 9.47 Å². The first-order valence-corrected chi connectivity index (χ1v) is 14.7. The average Bonchev–Trinajstić information content (AvgIpc) is 3.30. The minimum atomic E-state index is -1.46. The van der Waals surface area contributed by atoms with E-state index in [-0.39, 0.29) is 18.3 Å². The topological polar surface area (TPSA) is 152 Å². The number of aromatic amines is 1. The molecule has 4 rings (SSSR count). The number of benzene rings is 2. The summed E-state index contributed by atoms with van der Waals surface area (Å²) in [5, 5.41) is 5.19. The van der Waals surface area contributed by atoms with Crippen molar-refractivity contribution in [1.82, 2.24) is 25.1 Å². The molecule has 3 amide bonds. The largest absolute Gasteiger partial charge is 0.461 e. The van der Waals surface area contributed by atoms with Crippen molar-refractivity contribution in [3.63, 3.8) is 0 Å². The van der Waals surface area contributed by atoms with Crippen molar-refractivity contribution in [2.75, 3.05) is 13.1 Å². The van der Waals surface area contributed by atoms with Crippen LogP contribution in [0.3, 0.4) is 0 Å². The van der Waals surface area contributed by atoms with E-state index < -0.39 is 47.5 Å². The molecule has 1 atom stereocenters. The molecule has 1 aliphatic heterocycles. The second-order valence-corrected chi connectivity index (χ2v) is 12.5. The third-order valence-corrected chi connectivity index (χ3v) is 7.36. The third-order valence-electron chi connectivity index (χ3n) is 7.36. The van der Waals surface area contributed by atoms with Crippen molar-refractivity contribution in [3.8, 4) is 0 Å². The number of nitrogens with one attached hydrogen (secondary N) is 3. The number of piperidine rings is 1. The molecule has 1 aromatic heterocycles. The van der Waals surface area contributed by atoms with Crippen LogP contribution in [0, 0.1) is 0 Å². The van der Waals surface area contributed by atoms with E-state index in [1.165, 1.54) is 13.8 Å². The van der Waals surface area contributed by atoms with Gasteiger partial charge in [0.05, 0.1) is 17.5 Å². The van der Waals surface area contributed by atoms with Crippen LogP contribution in [0.4, 0.5) is 4.79 Å². The first-order chi connectivity index (χ1) is 20.7. The Morgan fingerprint density at radius 2 is 1.59 bits per heavy atom. The first kappa shape index (κ1) is 32.3. The van der Waals surface area contributed by atoms with E-state index in [1.54, 1.807) is 30.2 Å². The van der Waals surface area contributed by atoms with E-state index in [9.17, 15) is 24.0 Å². The zero-order chi connectivity index (χ0) is 32.1. The van der Waals surface area contributed by atoms with Gasteiger partial charge in [-0.15, -0.1) is 0 Å². The number of rotatable bonds is 9. The van der Waals surface area contributed by atoms with E-state index >= 15 is 0 Å². The van der Waals surface area contributed by atoms with Crippen LogP contribution < -0.4 is 16.3 Å². The average molecular weight is 608 g/mol. The number of amides is 3. The van der Waals surface area contributed by atoms with Gasteiger partial charge >= 0.3 is 17.8 Å². The number of aromatic nitrogens is 2. The van der Waals surface area contributed by atoms with Crippen LogP contribution in [0.2, 0.25) is 0 Å². The number of hydrogen-bond acceptors (Lipinski definition) is 7. The SMILES string of the molecule is CC(C)(C)OC(=O)NC(C)(C)C(=O)NC(CC(=O)OCc1ccccc1)C(=O)N1CCC(n2c(=O)[nH]c3ccccc32)CC1. The van der Waals surface area contributed by atoms with Crippen LogP contribution in [0.25, 0.3) is 11.0 Å².